The molecule has 1 aliphatic rings. The van der Waals surface area contributed by atoms with Crippen molar-refractivity contribution in [1.29, 1.82) is 0 Å². The molecule has 0 amide bonds. The molecule has 1 unspecified atom stereocenters. The van der Waals surface area contributed by atoms with Crippen LogP contribution in [0.1, 0.15) is 6.92 Å². The Kier molecular flexibility index (Phi) is 4.21. The SMILES string of the molecule is CC1CSCCN1S(=O)(=O)c1ccc(N)cc1[N+](=O)[O-]. The van der Waals surface area contributed by atoms with Crippen LogP contribution in [-0.4, -0.2) is 41.7 Å². The molecule has 20 heavy (non-hydrogen) atoms. The highest BCUT2D eigenvalue weighted by Crippen LogP contribution is 2.31. The fourth-order valence-corrected chi connectivity index (χ4v) is 5.08. The third-order valence-corrected chi connectivity index (χ3v) is 6.32. The van der Waals surface area contributed by atoms with Crippen molar-refractivity contribution in [3.8, 4) is 0 Å². The van der Waals surface area contributed by atoms with Gasteiger partial charge in [0.1, 0.15) is 0 Å². The van der Waals surface area contributed by atoms with E-state index in [1.807, 2.05) is 0 Å². The number of nitro groups is 1. The van der Waals surface area contributed by atoms with Crippen LogP contribution in [0.25, 0.3) is 0 Å². The first-order chi connectivity index (χ1) is 9.34. The maximum Gasteiger partial charge on any atom is 0.291 e. The number of hydrogen-bond donors (Lipinski definition) is 1. The van der Waals surface area contributed by atoms with Gasteiger partial charge >= 0.3 is 0 Å². The predicted molar refractivity (Wildman–Crippen MR) is 78.2 cm³/mol. The van der Waals surface area contributed by atoms with Crippen molar-refractivity contribution in [1.82, 2.24) is 4.31 Å². The molecular weight excluding hydrogens is 302 g/mol. The zero-order valence-electron chi connectivity index (χ0n) is 10.9. The molecule has 0 saturated carbocycles. The molecule has 110 valence electrons. The van der Waals surface area contributed by atoms with E-state index >= 15 is 0 Å². The topological polar surface area (TPSA) is 107 Å². The minimum atomic E-state index is -3.88. The maximum absolute atomic E-state index is 12.6. The molecule has 1 heterocycles. The van der Waals surface area contributed by atoms with Crippen molar-refractivity contribution >= 4 is 33.2 Å². The third-order valence-electron chi connectivity index (χ3n) is 3.07. The molecule has 1 aromatic rings. The molecule has 0 aromatic heterocycles. The van der Waals surface area contributed by atoms with Gasteiger partial charge in [-0.1, -0.05) is 0 Å². The highest BCUT2D eigenvalue weighted by molar-refractivity contribution is 7.99. The van der Waals surface area contributed by atoms with Crippen molar-refractivity contribution in [3.63, 3.8) is 0 Å². The molecule has 2 N–H and O–H groups in total. The van der Waals surface area contributed by atoms with E-state index in [2.05, 4.69) is 0 Å². The van der Waals surface area contributed by atoms with Crippen LogP contribution in [-0.2, 0) is 10.0 Å². The zero-order valence-corrected chi connectivity index (χ0v) is 12.5. The van der Waals surface area contributed by atoms with Crippen LogP contribution in [0.2, 0.25) is 0 Å². The quantitative estimate of drug-likeness (QED) is 0.511. The minimum Gasteiger partial charge on any atom is -0.399 e. The van der Waals surface area contributed by atoms with E-state index in [9.17, 15) is 18.5 Å². The Morgan fingerprint density at radius 3 is 2.80 bits per heavy atom. The van der Waals surface area contributed by atoms with E-state index in [1.165, 1.54) is 16.4 Å². The van der Waals surface area contributed by atoms with Crippen LogP contribution in [0.15, 0.2) is 23.1 Å². The van der Waals surface area contributed by atoms with Gasteiger partial charge in [0, 0.05) is 35.8 Å². The normalized spacial score (nSPS) is 20.8. The largest absolute Gasteiger partial charge is 0.399 e. The van der Waals surface area contributed by atoms with Gasteiger partial charge in [-0.05, 0) is 19.1 Å². The van der Waals surface area contributed by atoms with Crippen molar-refractivity contribution in [2.75, 3.05) is 23.8 Å². The summed E-state index contributed by atoms with van der Waals surface area (Å²) in [6.45, 7) is 2.16. The smallest absolute Gasteiger partial charge is 0.291 e. The second-order valence-corrected chi connectivity index (χ2v) is 7.53. The van der Waals surface area contributed by atoms with Gasteiger partial charge in [0.2, 0.25) is 10.0 Å². The predicted octanol–water partition coefficient (Wildman–Crippen LogP) is 1.30. The number of nitrogens with zero attached hydrogens (tertiary/aromatic N) is 2. The molecule has 1 atom stereocenters. The molecule has 7 nitrogen and oxygen atoms in total. The molecule has 0 spiro atoms. The first-order valence-corrected chi connectivity index (χ1v) is 8.57. The summed E-state index contributed by atoms with van der Waals surface area (Å²) in [5, 5.41) is 11.0. The van der Waals surface area contributed by atoms with E-state index in [1.54, 1.807) is 18.7 Å². The summed E-state index contributed by atoms with van der Waals surface area (Å²) in [5.41, 5.74) is 5.19. The van der Waals surface area contributed by atoms with Crippen LogP contribution in [0.5, 0.6) is 0 Å². The van der Waals surface area contributed by atoms with Crippen LogP contribution in [0.3, 0.4) is 0 Å². The zero-order chi connectivity index (χ0) is 14.9. The Bertz CT molecular complexity index is 633. The number of sulfonamides is 1. The molecule has 0 bridgehead atoms. The lowest BCUT2D eigenvalue weighted by molar-refractivity contribution is -0.387. The van der Waals surface area contributed by atoms with Crippen molar-refractivity contribution in [3.05, 3.63) is 28.3 Å². The molecular formula is C11H15N3O4S2. The van der Waals surface area contributed by atoms with Gasteiger partial charge in [-0.25, -0.2) is 8.42 Å². The number of nitrogen functional groups attached to an aromatic ring is 1. The fourth-order valence-electron chi connectivity index (χ4n) is 2.09. The lowest BCUT2D eigenvalue weighted by Crippen LogP contribution is -2.44. The van der Waals surface area contributed by atoms with E-state index in [4.69, 9.17) is 5.73 Å². The Morgan fingerprint density at radius 1 is 1.50 bits per heavy atom. The maximum atomic E-state index is 12.6. The lowest BCUT2D eigenvalue weighted by Gasteiger charge is -2.31. The lowest BCUT2D eigenvalue weighted by atomic mass is 10.3. The van der Waals surface area contributed by atoms with Crippen LogP contribution >= 0.6 is 11.8 Å². The average Bonchev–Trinajstić information content (AvgIpc) is 2.38. The van der Waals surface area contributed by atoms with E-state index in [0.29, 0.717) is 18.1 Å². The van der Waals surface area contributed by atoms with E-state index in [-0.39, 0.29) is 16.6 Å². The van der Waals surface area contributed by atoms with Crippen LogP contribution in [0.4, 0.5) is 11.4 Å². The summed E-state index contributed by atoms with van der Waals surface area (Å²) in [5.74, 6) is 1.37. The molecule has 1 aromatic carbocycles. The third kappa shape index (κ3) is 2.74. The van der Waals surface area contributed by atoms with Gasteiger partial charge in [0.05, 0.1) is 4.92 Å². The summed E-state index contributed by atoms with van der Waals surface area (Å²) in [4.78, 5) is 10.0. The number of nitro benzene ring substituents is 1. The first kappa shape index (κ1) is 15.1. The highest BCUT2D eigenvalue weighted by atomic mass is 32.2. The molecule has 2 rings (SSSR count). The van der Waals surface area contributed by atoms with E-state index < -0.39 is 20.6 Å². The summed E-state index contributed by atoms with van der Waals surface area (Å²) in [7, 11) is -3.88. The van der Waals surface area contributed by atoms with Gasteiger partial charge in [-0.2, -0.15) is 16.1 Å². The Labute approximate surface area is 121 Å². The Morgan fingerprint density at radius 2 is 2.20 bits per heavy atom. The van der Waals surface area contributed by atoms with Crippen LogP contribution in [0, 0.1) is 10.1 Å². The van der Waals surface area contributed by atoms with Crippen molar-refractivity contribution in [2.45, 2.75) is 17.9 Å². The highest BCUT2D eigenvalue weighted by Gasteiger charge is 2.35. The van der Waals surface area contributed by atoms with Gasteiger partial charge in [-0.3, -0.25) is 10.1 Å². The number of thioether (sulfide) groups is 1. The Balaban J connectivity index is 2.51. The van der Waals surface area contributed by atoms with Crippen LogP contribution < -0.4 is 5.73 Å². The summed E-state index contributed by atoms with van der Waals surface area (Å²) >= 11 is 1.67. The number of anilines is 1. The monoisotopic (exact) mass is 317 g/mol. The molecule has 9 heteroatoms. The van der Waals surface area contributed by atoms with Crippen molar-refractivity contribution < 1.29 is 13.3 Å². The first-order valence-electron chi connectivity index (χ1n) is 5.97. The van der Waals surface area contributed by atoms with Crippen molar-refractivity contribution in [2.24, 2.45) is 0 Å². The second kappa shape index (κ2) is 5.58. The molecule has 1 aliphatic heterocycles. The van der Waals surface area contributed by atoms with E-state index in [0.717, 1.165) is 6.07 Å². The fraction of sp³-hybridized carbons (Fsp3) is 0.455. The molecule has 1 saturated heterocycles. The molecule has 0 aliphatic carbocycles. The summed E-state index contributed by atoms with van der Waals surface area (Å²) in [6, 6.07) is 3.47. The summed E-state index contributed by atoms with van der Waals surface area (Å²) < 4.78 is 26.5. The average molecular weight is 317 g/mol. The van der Waals surface area contributed by atoms with Gasteiger partial charge in [0.25, 0.3) is 5.69 Å². The number of hydrogen-bond acceptors (Lipinski definition) is 6. The molecule has 1 fully saturated rings. The summed E-state index contributed by atoms with van der Waals surface area (Å²) in [6.07, 6.45) is 0. The Hall–Kier alpha value is -1.32. The number of nitrogens with two attached hydrogens (primary N) is 1. The van der Waals surface area contributed by atoms with Gasteiger partial charge < -0.3 is 5.73 Å². The van der Waals surface area contributed by atoms with Gasteiger partial charge in [-0.15, -0.1) is 0 Å². The standard InChI is InChI=1S/C11H15N3O4S2/c1-8-7-19-5-4-13(8)20(17,18)11-3-2-9(12)6-10(11)14(15)16/h2-3,6,8H,4-5,7,12H2,1H3. The second-order valence-electron chi connectivity index (χ2n) is 4.52. The minimum absolute atomic E-state index is 0.165. The van der Waals surface area contributed by atoms with Gasteiger partial charge in [0.15, 0.2) is 4.90 Å². The molecule has 0 radical (unpaired) electrons. The number of benzene rings is 1. The number of rotatable bonds is 3.